The molecule has 102 valence electrons. The third-order valence-electron chi connectivity index (χ3n) is 3.08. The van der Waals surface area contributed by atoms with E-state index in [-0.39, 0.29) is 10.7 Å². The van der Waals surface area contributed by atoms with Crippen molar-refractivity contribution in [2.24, 2.45) is 0 Å². The topological polar surface area (TPSA) is 70.5 Å². The zero-order valence-electron chi connectivity index (χ0n) is 9.97. The van der Waals surface area contributed by atoms with Crippen LogP contribution < -0.4 is 0 Å². The largest absolute Gasteiger partial charge is 0.480 e. The molecule has 0 radical (unpaired) electrons. The first-order chi connectivity index (χ1) is 9.00. The molecule has 1 aliphatic rings. The van der Waals surface area contributed by atoms with Crippen molar-refractivity contribution in [3.63, 3.8) is 0 Å². The monoisotopic (exact) mass is 286 g/mol. The number of piperidine rings is 1. The predicted molar refractivity (Wildman–Crippen MR) is 65.5 cm³/mol. The molecule has 1 aromatic rings. The maximum absolute atomic E-state index is 13.1. The lowest BCUT2D eigenvalue weighted by atomic mass is 10.0. The van der Waals surface area contributed by atoms with Crippen molar-refractivity contribution in [3.05, 3.63) is 28.8 Å². The molecule has 0 aliphatic carbocycles. The van der Waals surface area contributed by atoms with Gasteiger partial charge in [-0.3, -0.25) is 4.79 Å². The lowest BCUT2D eigenvalue weighted by Crippen LogP contribution is -2.48. The Morgan fingerprint density at radius 2 is 2.21 bits per heavy atom. The molecule has 0 saturated carbocycles. The van der Waals surface area contributed by atoms with Gasteiger partial charge in [0.05, 0.1) is 11.8 Å². The molecule has 19 heavy (non-hydrogen) atoms. The Labute approximate surface area is 114 Å². The van der Waals surface area contributed by atoms with Crippen LogP contribution in [0.3, 0.4) is 0 Å². The maximum Gasteiger partial charge on any atom is 0.326 e. The van der Waals surface area contributed by atoms with E-state index < -0.39 is 23.7 Å². The van der Waals surface area contributed by atoms with Gasteiger partial charge >= 0.3 is 5.97 Å². The Kier molecular flexibility index (Phi) is 3.99. The van der Waals surface area contributed by atoms with Crippen LogP contribution >= 0.6 is 11.6 Å². The van der Waals surface area contributed by atoms with E-state index in [1.807, 2.05) is 0 Å². The van der Waals surface area contributed by atoms with Gasteiger partial charge in [-0.1, -0.05) is 11.6 Å². The molecule has 1 atom stereocenters. The normalized spacial score (nSPS) is 19.3. The SMILES string of the molecule is O=C(O)[C@@H]1CCCCN1C(=O)c1cc(F)cnc1Cl. The van der Waals surface area contributed by atoms with Crippen LogP contribution in [0.4, 0.5) is 4.39 Å². The molecule has 2 heterocycles. The van der Waals surface area contributed by atoms with Gasteiger partial charge in [-0.25, -0.2) is 14.2 Å². The molecule has 5 nitrogen and oxygen atoms in total. The van der Waals surface area contributed by atoms with Crippen LogP contribution in [0.15, 0.2) is 12.3 Å². The van der Waals surface area contributed by atoms with Gasteiger partial charge in [-0.05, 0) is 25.3 Å². The first-order valence-corrected chi connectivity index (χ1v) is 6.23. The third kappa shape index (κ3) is 2.84. The number of likely N-dealkylation sites (tertiary alicyclic amines) is 1. The fourth-order valence-electron chi connectivity index (χ4n) is 2.16. The van der Waals surface area contributed by atoms with Crippen LogP contribution in [-0.4, -0.2) is 39.5 Å². The minimum absolute atomic E-state index is 0.102. The summed E-state index contributed by atoms with van der Waals surface area (Å²) in [6.07, 6.45) is 2.76. The zero-order valence-corrected chi connectivity index (χ0v) is 10.7. The smallest absolute Gasteiger partial charge is 0.326 e. The Morgan fingerprint density at radius 1 is 1.47 bits per heavy atom. The number of carboxylic acid groups (broad SMARTS) is 1. The number of hydrogen-bond donors (Lipinski definition) is 1. The summed E-state index contributed by atoms with van der Waals surface area (Å²) in [5, 5.41) is 8.99. The van der Waals surface area contributed by atoms with E-state index in [2.05, 4.69) is 4.98 Å². The van der Waals surface area contributed by atoms with Crippen molar-refractivity contribution in [1.29, 1.82) is 0 Å². The Balaban J connectivity index is 2.31. The van der Waals surface area contributed by atoms with E-state index in [0.717, 1.165) is 25.1 Å². The van der Waals surface area contributed by atoms with E-state index in [4.69, 9.17) is 16.7 Å². The van der Waals surface area contributed by atoms with Crippen molar-refractivity contribution >= 4 is 23.5 Å². The molecule has 0 spiro atoms. The predicted octanol–water partition coefficient (Wildman–Crippen LogP) is 1.95. The van der Waals surface area contributed by atoms with Crippen molar-refractivity contribution < 1.29 is 19.1 Å². The summed E-state index contributed by atoms with van der Waals surface area (Å²) in [5.74, 6) is -2.34. The Morgan fingerprint density at radius 3 is 2.89 bits per heavy atom. The number of carboxylic acids is 1. The third-order valence-corrected chi connectivity index (χ3v) is 3.39. The first-order valence-electron chi connectivity index (χ1n) is 5.85. The first kappa shape index (κ1) is 13.7. The average molecular weight is 287 g/mol. The van der Waals surface area contributed by atoms with E-state index >= 15 is 0 Å². The Hall–Kier alpha value is -1.69. The molecule has 1 fully saturated rings. The number of amides is 1. The molecule has 1 amide bonds. The standard InChI is InChI=1S/C12H12ClFN2O3/c13-10-8(5-7(14)6-15-10)11(17)16-4-2-1-3-9(16)12(18)19/h5-6,9H,1-4H2,(H,18,19)/t9-/m0/s1. The van der Waals surface area contributed by atoms with Gasteiger partial charge in [0.25, 0.3) is 5.91 Å². The Bertz CT molecular complexity index is 524. The highest BCUT2D eigenvalue weighted by Gasteiger charge is 2.33. The van der Waals surface area contributed by atoms with Gasteiger partial charge in [0, 0.05) is 6.54 Å². The number of rotatable bonds is 2. The summed E-state index contributed by atoms with van der Waals surface area (Å²) >= 11 is 5.76. The van der Waals surface area contributed by atoms with Gasteiger partial charge in [-0.2, -0.15) is 0 Å². The zero-order chi connectivity index (χ0) is 14.0. The van der Waals surface area contributed by atoms with Crippen LogP contribution in [0, 0.1) is 5.82 Å². The molecule has 1 saturated heterocycles. The van der Waals surface area contributed by atoms with Crippen LogP contribution in [-0.2, 0) is 4.79 Å². The summed E-state index contributed by atoms with van der Waals surface area (Å²) in [7, 11) is 0. The van der Waals surface area contributed by atoms with Gasteiger partial charge in [0.1, 0.15) is 17.0 Å². The van der Waals surface area contributed by atoms with Crippen molar-refractivity contribution in [1.82, 2.24) is 9.88 Å². The van der Waals surface area contributed by atoms with Crippen molar-refractivity contribution in [2.75, 3.05) is 6.54 Å². The second-order valence-corrected chi connectivity index (χ2v) is 4.70. The fraction of sp³-hybridized carbons (Fsp3) is 0.417. The highest BCUT2D eigenvalue weighted by atomic mass is 35.5. The maximum atomic E-state index is 13.1. The molecule has 7 heteroatoms. The number of carbonyl (C=O) groups excluding carboxylic acids is 1. The number of pyridine rings is 1. The molecule has 0 bridgehead atoms. The summed E-state index contributed by atoms with van der Waals surface area (Å²) < 4.78 is 13.1. The molecule has 1 aliphatic heterocycles. The van der Waals surface area contributed by atoms with Crippen molar-refractivity contribution in [2.45, 2.75) is 25.3 Å². The minimum atomic E-state index is -1.06. The molecule has 0 unspecified atom stereocenters. The summed E-state index contributed by atoms with van der Waals surface area (Å²) in [6, 6.07) is 0.0890. The number of nitrogens with zero attached hydrogens (tertiary/aromatic N) is 2. The van der Waals surface area contributed by atoms with E-state index in [1.165, 1.54) is 4.90 Å². The van der Waals surface area contributed by atoms with Crippen LogP contribution in [0.2, 0.25) is 5.15 Å². The van der Waals surface area contributed by atoms with Gasteiger partial charge in [-0.15, -0.1) is 0 Å². The second kappa shape index (κ2) is 5.52. The number of aromatic nitrogens is 1. The minimum Gasteiger partial charge on any atom is -0.480 e. The summed E-state index contributed by atoms with van der Waals surface area (Å²) in [4.78, 5) is 28.2. The van der Waals surface area contributed by atoms with Crippen LogP contribution in [0.5, 0.6) is 0 Å². The second-order valence-electron chi connectivity index (χ2n) is 4.34. The van der Waals surface area contributed by atoms with E-state index in [1.54, 1.807) is 0 Å². The molecular weight excluding hydrogens is 275 g/mol. The molecule has 2 rings (SSSR count). The average Bonchev–Trinajstić information content (AvgIpc) is 2.40. The fourth-order valence-corrected chi connectivity index (χ4v) is 2.34. The highest BCUT2D eigenvalue weighted by Crippen LogP contribution is 2.23. The van der Waals surface area contributed by atoms with Crippen molar-refractivity contribution in [3.8, 4) is 0 Å². The number of hydrogen-bond acceptors (Lipinski definition) is 3. The lowest BCUT2D eigenvalue weighted by Gasteiger charge is -2.33. The number of carbonyl (C=O) groups is 2. The van der Waals surface area contributed by atoms with Crippen LogP contribution in [0.25, 0.3) is 0 Å². The quantitative estimate of drug-likeness (QED) is 0.844. The van der Waals surface area contributed by atoms with E-state index in [9.17, 15) is 14.0 Å². The van der Waals surface area contributed by atoms with Gasteiger partial charge < -0.3 is 10.0 Å². The molecule has 0 aromatic carbocycles. The molecule has 1 N–H and O–H groups in total. The number of aliphatic carboxylic acids is 1. The molecule has 1 aromatic heterocycles. The molecular formula is C12H12ClFN2O3. The highest BCUT2D eigenvalue weighted by molar-refractivity contribution is 6.32. The lowest BCUT2D eigenvalue weighted by molar-refractivity contribution is -0.143. The van der Waals surface area contributed by atoms with Gasteiger partial charge in [0.15, 0.2) is 0 Å². The number of halogens is 2. The summed E-state index contributed by atoms with van der Waals surface area (Å²) in [5.41, 5.74) is -0.102. The summed E-state index contributed by atoms with van der Waals surface area (Å²) in [6.45, 7) is 0.322. The van der Waals surface area contributed by atoms with Crippen LogP contribution in [0.1, 0.15) is 29.6 Å². The van der Waals surface area contributed by atoms with Gasteiger partial charge in [0.2, 0.25) is 0 Å². The van der Waals surface area contributed by atoms with E-state index in [0.29, 0.717) is 13.0 Å².